The zero-order valence-electron chi connectivity index (χ0n) is 16.2. The van der Waals surface area contributed by atoms with Crippen molar-refractivity contribution in [3.63, 3.8) is 0 Å². The van der Waals surface area contributed by atoms with Crippen LogP contribution in [0, 0.1) is 13.8 Å². The summed E-state index contributed by atoms with van der Waals surface area (Å²) in [4.78, 5) is 29.2. The first kappa shape index (κ1) is 20.6. The number of aromatic nitrogens is 2. The average molecular weight is 403 g/mol. The first-order valence-corrected chi connectivity index (χ1v) is 9.10. The Morgan fingerprint density at radius 2 is 1.76 bits per heavy atom. The maximum atomic E-state index is 13.5. The summed E-state index contributed by atoms with van der Waals surface area (Å²) in [5, 5.41) is 2.67. The minimum atomic E-state index is -4.93. The molecule has 1 amide bonds. The molecule has 3 aromatic rings. The molecule has 1 heterocycles. The summed E-state index contributed by atoms with van der Waals surface area (Å²) in [6.45, 7) is 5.17. The highest BCUT2D eigenvalue weighted by atomic mass is 19.4. The van der Waals surface area contributed by atoms with Gasteiger partial charge in [-0.1, -0.05) is 25.1 Å². The normalized spacial score (nSPS) is 12.8. The number of halogens is 3. The van der Waals surface area contributed by atoms with E-state index < -0.39 is 29.4 Å². The van der Waals surface area contributed by atoms with Crippen LogP contribution in [0.5, 0.6) is 0 Å². The topological polar surface area (TPSA) is 64.0 Å². The molecule has 1 aromatic heterocycles. The van der Waals surface area contributed by atoms with Gasteiger partial charge in [0.05, 0.1) is 11.0 Å². The maximum absolute atomic E-state index is 13.5. The lowest BCUT2D eigenvalue weighted by atomic mass is 10.1. The van der Waals surface area contributed by atoms with Crippen LogP contribution in [0.2, 0.25) is 0 Å². The van der Waals surface area contributed by atoms with Crippen LogP contribution >= 0.6 is 0 Å². The molecule has 0 bridgehead atoms. The smallest absolute Gasteiger partial charge is 0.324 e. The van der Waals surface area contributed by atoms with Crippen LogP contribution in [0.15, 0.2) is 47.3 Å². The number of carbonyl (C=O) groups excluding carboxylic acids is 1. The van der Waals surface area contributed by atoms with E-state index in [2.05, 4.69) is 10.3 Å². The van der Waals surface area contributed by atoms with E-state index in [1.807, 2.05) is 0 Å². The highest BCUT2D eigenvalue weighted by Gasteiger charge is 2.38. The predicted molar refractivity (Wildman–Crippen MR) is 105 cm³/mol. The standard InChI is InChI=1S/C21H20F3N3O2/c1-4-16(19(28)25-14-8-6-5-7-9-14)27-17-11-13(3)12(2)10-15(17)26-18(20(27)29)21(22,23)24/h5-11,16H,4H2,1-3H3,(H,25,28)/t16-/m1/s1. The van der Waals surface area contributed by atoms with Gasteiger partial charge >= 0.3 is 6.18 Å². The number of benzene rings is 2. The number of hydrogen-bond acceptors (Lipinski definition) is 3. The van der Waals surface area contributed by atoms with E-state index in [1.165, 1.54) is 6.07 Å². The minimum Gasteiger partial charge on any atom is -0.324 e. The summed E-state index contributed by atoms with van der Waals surface area (Å²) in [6, 6.07) is 10.5. The Morgan fingerprint density at radius 3 is 2.34 bits per heavy atom. The van der Waals surface area contributed by atoms with Gasteiger partial charge in [0.2, 0.25) is 11.6 Å². The number of aryl methyl sites for hydroxylation is 2. The van der Waals surface area contributed by atoms with Crippen LogP contribution in [0.3, 0.4) is 0 Å². The third kappa shape index (κ3) is 4.01. The lowest BCUT2D eigenvalue weighted by Crippen LogP contribution is -2.37. The molecule has 2 aromatic carbocycles. The summed E-state index contributed by atoms with van der Waals surface area (Å²) in [7, 11) is 0. The molecular weight excluding hydrogens is 383 g/mol. The number of fused-ring (bicyclic) bond motifs is 1. The van der Waals surface area contributed by atoms with E-state index in [4.69, 9.17) is 0 Å². The van der Waals surface area contributed by atoms with Gasteiger partial charge in [-0.25, -0.2) is 4.98 Å². The quantitative estimate of drug-likeness (QED) is 0.691. The van der Waals surface area contributed by atoms with Gasteiger partial charge < -0.3 is 5.32 Å². The molecule has 0 radical (unpaired) electrons. The zero-order chi connectivity index (χ0) is 21.3. The third-order valence-electron chi connectivity index (χ3n) is 4.81. The Balaban J connectivity index is 2.24. The van der Waals surface area contributed by atoms with Gasteiger partial charge in [-0.3, -0.25) is 14.2 Å². The molecule has 0 aliphatic carbocycles. The van der Waals surface area contributed by atoms with Gasteiger partial charge in [0.25, 0.3) is 5.56 Å². The van der Waals surface area contributed by atoms with Gasteiger partial charge in [0.15, 0.2) is 0 Å². The van der Waals surface area contributed by atoms with Gasteiger partial charge in [-0.2, -0.15) is 13.2 Å². The van der Waals surface area contributed by atoms with E-state index in [1.54, 1.807) is 57.2 Å². The van der Waals surface area contributed by atoms with E-state index in [0.717, 1.165) is 15.7 Å². The molecule has 0 saturated carbocycles. The number of alkyl halides is 3. The Labute approximate surface area is 165 Å². The molecule has 29 heavy (non-hydrogen) atoms. The molecular formula is C21H20F3N3O2. The molecule has 0 aliphatic rings. The minimum absolute atomic E-state index is 0.0194. The number of para-hydroxylation sites is 1. The number of carbonyl (C=O) groups is 1. The third-order valence-corrected chi connectivity index (χ3v) is 4.81. The Bertz CT molecular complexity index is 1120. The lowest BCUT2D eigenvalue weighted by Gasteiger charge is -2.22. The Kier molecular flexibility index (Phi) is 5.46. The maximum Gasteiger partial charge on any atom is 0.438 e. The summed E-state index contributed by atoms with van der Waals surface area (Å²) in [5.74, 6) is -0.570. The van der Waals surface area contributed by atoms with Crippen molar-refractivity contribution in [3.8, 4) is 0 Å². The second-order valence-electron chi connectivity index (χ2n) is 6.84. The van der Waals surface area contributed by atoms with Crippen LogP contribution in [-0.4, -0.2) is 15.5 Å². The number of rotatable bonds is 4. The molecule has 0 unspecified atom stereocenters. The van der Waals surface area contributed by atoms with Crippen LogP contribution in [-0.2, 0) is 11.0 Å². The van der Waals surface area contributed by atoms with E-state index in [9.17, 15) is 22.8 Å². The SMILES string of the molecule is CC[C@H](C(=O)Nc1ccccc1)n1c(=O)c(C(F)(F)F)nc2cc(C)c(C)cc21. The van der Waals surface area contributed by atoms with Crippen molar-refractivity contribution in [2.45, 2.75) is 39.4 Å². The molecule has 8 heteroatoms. The first-order chi connectivity index (χ1) is 13.6. The number of nitrogens with one attached hydrogen (secondary N) is 1. The Hall–Kier alpha value is -3.16. The van der Waals surface area contributed by atoms with Crippen LogP contribution in [0.25, 0.3) is 11.0 Å². The van der Waals surface area contributed by atoms with Crippen molar-refractivity contribution in [2.24, 2.45) is 0 Å². The van der Waals surface area contributed by atoms with Crippen molar-refractivity contribution < 1.29 is 18.0 Å². The van der Waals surface area contributed by atoms with Crippen LogP contribution in [0.4, 0.5) is 18.9 Å². The van der Waals surface area contributed by atoms with Gasteiger partial charge in [0, 0.05) is 5.69 Å². The number of hydrogen-bond donors (Lipinski definition) is 1. The molecule has 0 saturated heterocycles. The summed E-state index contributed by atoms with van der Waals surface area (Å²) >= 11 is 0. The lowest BCUT2D eigenvalue weighted by molar-refractivity contribution is -0.142. The highest BCUT2D eigenvalue weighted by Crippen LogP contribution is 2.29. The largest absolute Gasteiger partial charge is 0.438 e. The first-order valence-electron chi connectivity index (χ1n) is 9.10. The summed E-state index contributed by atoms with van der Waals surface area (Å²) in [6.07, 6.45) is -4.80. The monoisotopic (exact) mass is 403 g/mol. The summed E-state index contributed by atoms with van der Waals surface area (Å²) < 4.78 is 41.3. The number of nitrogens with zero attached hydrogens (tertiary/aromatic N) is 2. The van der Waals surface area contributed by atoms with E-state index >= 15 is 0 Å². The fourth-order valence-electron chi connectivity index (χ4n) is 3.19. The fourth-order valence-corrected chi connectivity index (χ4v) is 3.19. The molecule has 1 N–H and O–H groups in total. The van der Waals surface area contributed by atoms with Crippen LogP contribution < -0.4 is 10.9 Å². The Morgan fingerprint density at radius 1 is 1.14 bits per heavy atom. The van der Waals surface area contributed by atoms with Gasteiger partial charge in [-0.05, 0) is 55.7 Å². The fraction of sp³-hybridized carbons (Fsp3) is 0.286. The second kappa shape index (κ2) is 7.69. The number of anilines is 1. The molecule has 0 aliphatic heterocycles. The van der Waals surface area contributed by atoms with Crippen molar-refractivity contribution in [1.82, 2.24) is 9.55 Å². The molecule has 152 valence electrons. The molecule has 5 nitrogen and oxygen atoms in total. The van der Waals surface area contributed by atoms with Gasteiger partial charge in [0.1, 0.15) is 6.04 Å². The van der Waals surface area contributed by atoms with Crippen molar-refractivity contribution >= 4 is 22.6 Å². The molecule has 3 rings (SSSR count). The van der Waals surface area contributed by atoms with Crippen molar-refractivity contribution in [2.75, 3.05) is 5.32 Å². The highest BCUT2D eigenvalue weighted by molar-refractivity contribution is 5.94. The predicted octanol–water partition coefficient (Wildman–Crippen LogP) is 4.62. The zero-order valence-corrected chi connectivity index (χ0v) is 16.2. The molecule has 0 spiro atoms. The van der Waals surface area contributed by atoms with E-state index in [-0.39, 0.29) is 17.5 Å². The van der Waals surface area contributed by atoms with Gasteiger partial charge in [-0.15, -0.1) is 0 Å². The average Bonchev–Trinajstić information content (AvgIpc) is 2.65. The van der Waals surface area contributed by atoms with Crippen LogP contribution in [0.1, 0.15) is 36.2 Å². The van der Waals surface area contributed by atoms with Crippen molar-refractivity contribution in [1.29, 1.82) is 0 Å². The van der Waals surface area contributed by atoms with Crippen molar-refractivity contribution in [3.05, 3.63) is 69.6 Å². The summed E-state index contributed by atoms with van der Waals surface area (Å²) in [5.41, 5.74) is -0.629. The number of amides is 1. The van der Waals surface area contributed by atoms with E-state index in [0.29, 0.717) is 5.69 Å². The molecule has 0 fully saturated rings. The molecule has 1 atom stereocenters. The second-order valence-corrected chi connectivity index (χ2v) is 6.84.